The van der Waals surface area contributed by atoms with Crippen LogP contribution in [-0.4, -0.2) is 45.6 Å². The molecule has 7 heteroatoms. The molecule has 2 N–H and O–H groups in total. The van der Waals surface area contributed by atoms with E-state index in [9.17, 15) is 9.18 Å². The number of hydrogen-bond donors (Lipinski definition) is 1. The quantitative estimate of drug-likeness (QED) is 0.841. The highest BCUT2D eigenvalue weighted by molar-refractivity contribution is 5.68. The van der Waals surface area contributed by atoms with Crippen LogP contribution in [0.25, 0.3) is 0 Å². The summed E-state index contributed by atoms with van der Waals surface area (Å²) in [4.78, 5) is 13.2. The molecule has 2 atom stereocenters. The summed E-state index contributed by atoms with van der Waals surface area (Å²) in [5, 5.41) is 3.99. The summed E-state index contributed by atoms with van der Waals surface area (Å²) >= 11 is 0. The van der Waals surface area contributed by atoms with Crippen molar-refractivity contribution in [2.24, 2.45) is 0 Å². The van der Waals surface area contributed by atoms with Crippen molar-refractivity contribution in [1.82, 2.24) is 14.7 Å². The summed E-state index contributed by atoms with van der Waals surface area (Å²) in [6.07, 6.45) is 1.35. The number of nitrogens with zero attached hydrogens (tertiary/aromatic N) is 3. The van der Waals surface area contributed by atoms with Gasteiger partial charge < -0.3 is 15.4 Å². The van der Waals surface area contributed by atoms with Gasteiger partial charge in [0.05, 0.1) is 18.4 Å². The van der Waals surface area contributed by atoms with Gasteiger partial charge in [0.25, 0.3) is 0 Å². The number of hydrogen-bond acceptors (Lipinski definition) is 4. The second kappa shape index (κ2) is 4.71. The highest BCUT2D eigenvalue weighted by Crippen LogP contribution is 2.26. The van der Waals surface area contributed by atoms with Gasteiger partial charge in [-0.1, -0.05) is 0 Å². The molecule has 0 radical (unpaired) electrons. The molecule has 0 aromatic carbocycles. The van der Waals surface area contributed by atoms with E-state index < -0.39 is 23.9 Å². The van der Waals surface area contributed by atoms with Crippen LogP contribution in [0, 0.1) is 0 Å². The lowest BCUT2D eigenvalue weighted by molar-refractivity contribution is 0.0281. The SMILES string of the molecule is CC(C)(C)OC(=O)N1C[C@@H](F)[C@@H](n2cc(N)cn2)C1. The van der Waals surface area contributed by atoms with E-state index in [-0.39, 0.29) is 13.1 Å². The van der Waals surface area contributed by atoms with Crippen molar-refractivity contribution in [3.8, 4) is 0 Å². The fourth-order valence-corrected chi connectivity index (χ4v) is 2.01. The molecule has 0 aliphatic carbocycles. The number of nitrogen functional groups attached to an aromatic ring is 1. The summed E-state index contributed by atoms with van der Waals surface area (Å²) in [7, 11) is 0. The number of halogens is 1. The number of alkyl halides is 1. The molecule has 1 saturated heterocycles. The zero-order valence-electron chi connectivity index (χ0n) is 11.3. The second-order valence-electron chi connectivity index (χ2n) is 5.72. The van der Waals surface area contributed by atoms with Gasteiger partial charge in [0, 0.05) is 12.7 Å². The lowest BCUT2D eigenvalue weighted by Crippen LogP contribution is -2.35. The van der Waals surface area contributed by atoms with Gasteiger partial charge in [0.2, 0.25) is 0 Å². The van der Waals surface area contributed by atoms with E-state index in [1.807, 2.05) is 0 Å². The predicted octanol–water partition coefficient (Wildman–Crippen LogP) is 1.60. The number of nitrogens with two attached hydrogens (primary N) is 1. The average Bonchev–Trinajstić information content (AvgIpc) is 2.82. The Bertz CT molecular complexity index is 469. The number of rotatable bonds is 1. The van der Waals surface area contributed by atoms with Gasteiger partial charge in [-0.2, -0.15) is 5.10 Å². The molecular formula is C12H19FN4O2. The minimum Gasteiger partial charge on any atom is -0.444 e. The molecule has 0 unspecified atom stereocenters. The first-order chi connectivity index (χ1) is 8.76. The second-order valence-corrected chi connectivity index (χ2v) is 5.72. The Labute approximate surface area is 111 Å². The standard InChI is InChI=1S/C12H19FN4O2/c1-12(2,3)19-11(18)16-6-9(13)10(7-16)17-5-8(14)4-15-17/h4-5,9-10H,6-7,14H2,1-3H3/t9-,10+/m1/s1. The normalized spacial score (nSPS) is 23.7. The van der Waals surface area contributed by atoms with Crippen LogP contribution in [0.5, 0.6) is 0 Å². The Morgan fingerprint density at radius 3 is 2.74 bits per heavy atom. The molecule has 2 rings (SSSR count). The number of ether oxygens (including phenoxy) is 1. The molecule has 19 heavy (non-hydrogen) atoms. The third kappa shape index (κ3) is 3.15. The largest absolute Gasteiger partial charge is 0.444 e. The zero-order chi connectivity index (χ0) is 14.2. The van der Waals surface area contributed by atoms with Crippen LogP contribution < -0.4 is 5.73 Å². The van der Waals surface area contributed by atoms with Crippen molar-refractivity contribution in [2.45, 2.75) is 38.6 Å². The molecule has 106 valence electrons. The smallest absolute Gasteiger partial charge is 0.410 e. The van der Waals surface area contributed by atoms with Crippen LogP contribution in [0.2, 0.25) is 0 Å². The van der Waals surface area contributed by atoms with E-state index in [1.165, 1.54) is 15.8 Å². The van der Waals surface area contributed by atoms with E-state index in [0.29, 0.717) is 5.69 Å². The maximum Gasteiger partial charge on any atom is 0.410 e. The first-order valence-corrected chi connectivity index (χ1v) is 6.18. The summed E-state index contributed by atoms with van der Waals surface area (Å²) in [6, 6.07) is -0.509. The molecule has 6 nitrogen and oxygen atoms in total. The maximum absolute atomic E-state index is 14.0. The van der Waals surface area contributed by atoms with Crippen molar-refractivity contribution < 1.29 is 13.9 Å². The van der Waals surface area contributed by atoms with Gasteiger partial charge in [0.1, 0.15) is 17.8 Å². The molecular weight excluding hydrogens is 251 g/mol. The van der Waals surface area contributed by atoms with Gasteiger partial charge in [-0.3, -0.25) is 4.68 Å². The fraction of sp³-hybridized carbons (Fsp3) is 0.667. The van der Waals surface area contributed by atoms with Gasteiger partial charge in [-0.05, 0) is 20.8 Å². The molecule has 1 aliphatic rings. The number of carbonyl (C=O) groups excluding carboxylic acids is 1. The summed E-state index contributed by atoms with van der Waals surface area (Å²) < 4.78 is 20.7. The molecule has 0 saturated carbocycles. The van der Waals surface area contributed by atoms with Crippen molar-refractivity contribution in [1.29, 1.82) is 0 Å². The molecule has 1 amide bonds. The van der Waals surface area contributed by atoms with Crippen LogP contribution in [0.15, 0.2) is 12.4 Å². The Morgan fingerprint density at radius 2 is 2.21 bits per heavy atom. The molecule has 1 aromatic heterocycles. The lowest BCUT2D eigenvalue weighted by atomic mass is 10.2. The molecule has 1 fully saturated rings. The number of amides is 1. The topological polar surface area (TPSA) is 73.4 Å². The van der Waals surface area contributed by atoms with E-state index in [2.05, 4.69) is 5.10 Å². The third-order valence-electron chi connectivity index (χ3n) is 2.83. The predicted molar refractivity (Wildman–Crippen MR) is 68.4 cm³/mol. The van der Waals surface area contributed by atoms with E-state index in [0.717, 1.165) is 0 Å². The monoisotopic (exact) mass is 270 g/mol. The van der Waals surface area contributed by atoms with Crippen molar-refractivity contribution in [3.05, 3.63) is 12.4 Å². The highest BCUT2D eigenvalue weighted by Gasteiger charge is 2.38. The number of likely N-dealkylation sites (tertiary alicyclic amines) is 1. The van der Waals surface area contributed by atoms with Gasteiger partial charge in [-0.25, -0.2) is 9.18 Å². The Morgan fingerprint density at radius 1 is 1.53 bits per heavy atom. The van der Waals surface area contributed by atoms with Crippen LogP contribution >= 0.6 is 0 Å². The summed E-state index contributed by atoms with van der Waals surface area (Å²) in [5.74, 6) is 0. The first kappa shape index (κ1) is 13.6. The maximum atomic E-state index is 14.0. The number of carbonyl (C=O) groups is 1. The molecule has 0 spiro atoms. The number of anilines is 1. The van der Waals surface area contributed by atoms with Gasteiger partial charge in [0.15, 0.2) is 0 Å². The highest BCUT2D eigenvalue weighted by atomic mass is 19.1. The first-order valence-electron chi connectivity index (χ1n) is 6.18. The van der Waals surface area contributed by atoms with E-state index >= 15 is 0 Å². The summed E-state index contributed by atoms with van der Waals surface area (Å²) in [5.41, 5.74) is 5.45. The summed E-state index contributed by atoms with van der Waals surface area (Å²) in [6.45, 7) is 5.58. The molecule has 2 heterocycles. The van der Waals surface area contributed by atoms with Crippen LogP contribution in [-0.2, 0) is 4.74 Å². The Balaban J connectivity index is 2.03. The average molecular weight is 270 g/mol. The van der Waals surface area contributed by atoms with E-state index in [4.69, 9.17) is 10.5 Å². The number of aromatic nitrogens is 2. The van der Waals surface area contributed by atoms with Crippen molar-refractivity contribution in [3.63, 3.8) is 0 Å². The molecule has 1 aromatic rings. The minimum absolute atomic E-state index is 0.0132. The van der Waals surface area contributed by atoms with Gasteiger partial charge in [-0.15, -0.1) is 0 Å². The van der Waals surface area contributed by atoms with Gasteiger partial charge >= 0.3 is 6.09 Å². The zero-order valence-corrected chi connectivity index (χ0v) is 11.3. The van der Waals surface area contributed by atoms with Crippen molar-refractivity contribution >= 4 is 11.8 Å². The Kier molecular flexibility index (Phi) is 3.38. The fourth-order valence-electron chi connectivity index (χ4n) is 2.01. The third-order valence-corrected chi connectivity index (χ3v) is 2.83. The van der Waals surface area contributed by atoms with Crippen LogP contribution in [0.1, 0.15) is 26.8 Å². The van der Waals surface area contributed by atoms with Crippen molar-refractivity contribution in [2.75, 3.05) is 18.8 Å². The van der Waals surface area contributed by atoms with Crippen LogP contribution in [0.3, 0.4) is 0 Å². The molecule has 0 bridgehead atoms. The molecule has 1 aliphatic heterocycles. The van der Waals surface area contributed by atoms with Crippen LogP contribution in [0.4, 0.5) is 14.9 Å². The Hall–Kier alpha value is -1.79. The lowest BCUT2D eigenvalue weighted by Gasteiger charge is -2.24. The van der Waals surface area contributed by atoms with E-state index in [1.54, 1.807) is 27.0 Å². The minimum atomic E-state index is -1.17.